The predicted octanol–water partition coefficient (Wildman–Crippen LogP) is 3.20. The van der Waals surface area contributed by atoms with E-state index >= 15 is 0 Å². The monoisotopic (exact) mass is 507 g/mol. The Morgan fingerprint density at radius 2 is 1.78 bits per heavy atom. The van der Waals surface area contributed by atoms with Crippen molar-refractivity contribution >= 4 is 40.6 Å². The third-order valence-corrected chi connectivity index (χ3v) is 7.09. The fraction of sp³-hybridized carbons (Fsp3) is 0.269. The van der Waals surface area contributed by atoms with Crippen LogP contribution in [0.1, 0.15) is 15.9 Å². The van der Waals surface area contributed by atoms with Gasteiger partial charge < -0.3 is 31.3 Å². The zero-order valence-corrected chi connectivity index (χ0v) is 20.8. The fourth-order valence-electron chi connectivity index (χ4n) is 4.08. The highest BCUT2D eigenvalue weighted by Gasteiger charge is 2.28. The molecule has 4 rings (SSSR count). The van der Waals surface area contributed by atoms with E-state index in [1.165, 1.54) is 0 Å². The van der Waals surface area contributed by atoms with Gasteiger partial charge in [0.2, 0.25) is 5.91 Å². The summed E-state index contributed by atoms with van der Waals surface area (Å²) in [4.78, 5) is 42.1. The molecule has 188 valence electrons. The molecule has 0 radical (unpaired) electrons. The van der Waals surface area contributed by atoms with Crippen molar-refractivity contribution in [2.75, 3.05) is 44.3 Å². The zero-order chi connectivity index (χ0) is 25.7. The second kappa shape index (κ2) is 11.2. The highest BCUT2D eigenvalue weighted by atomic mass is 32.1. The molecule has 0 unspecified atom stereocenters. The molecule has 2 heterocycles. The van der Waals surface area contributed by atoms with Gasteiger partial charge in [-0.15, -0.1) is 11.3 Å². The van der Waals surface area contributed by atoms with Crippen LogP contribution in [0.5, 0.6) is 0 Å². The van der Waals surface area contributed by atoms with E-state index in [4.69, 9.17) is 5.73 Å². The summed E-state index contributed by atoms with van der Waals surface area (Å²) >= 11 is 1.60. The summed E-state index contributed by atoms with van der Waals surface area (Å²) in [7, 11) is 1.99. The number of carbonyl (C=O) groups excluding carboxylic acids is 2. The van der Waals surface area contributed by atoms with Gasteiger partial charge in [-0.1, -0.05) is 24.3 Å². The Hall–Kier alpha value is -3.89. The number of anilines is 2. The number of nitrogens with two attached hydrogens (primary N) is 1. The maximum Gasteiger partial charge on any atom is 0.405 e. The van der Waals surface area contributed by atoms with Crippen LogP contribution in [0.3, 0.4) is 0 Å². The Bertz CT molecular complexity index is 1220. The number of rotatable bonds is 7. The molecule has 1 aliphatic rings. The van der Waals surface area contributed by atoms with E-state index in [0.717, 1.165) is 29.1 Å². The van der Waals surface area contributed by atoms with Crippen LogP contribution < -0.4 is 16.4 Å². The second-order valence-corrected chi connectivity index (χ2v) is 9.71. The van der Waals surface area contributed by atoms with Crippen LogP contribution in [0.25, 0.3) is 10.4 Å². The number of hydrogen-bond acceptors (Lipinski definition) is 6. The van der Waals surface area contributed by atoms with Crippen molar-refractivity contribution in [3.05, 3.63) is 71.1 Å². The van der Waals surface area contributed by atoms with Crippen molar-refractivity contribution in [3.63, 3.8) is 0 Å². The number of nitrogens with zero attached hydrogens (tertiary/aromatic N) is 2. The maximum atomic E-state index is 13.0. The van der Waals surface area contributed by atoms with E-state index in [1.54, 1.807) is 46.6 Å². The van der Waals surface area contributed by atoms with Crippen molar-refractivity contribution in [1.82, 2.24) is 15.1 Å². The van der Waals surface area contributed by atoms with Gasteiger partial charge in [-0.2, -0.15) is 0 Å². The van der Waals surface area contributed by atoms with Gasteiger partial charge in [0, 0.05) is 43.0 Å². The van der Waals surface area contributed by atoms with Gasteiger partial charge in [-0.25, -0.2) is 4.79 Å². The molecule has 0 aliphatic carbocycles. The van der Waals surface area contributed by atoms with E-state index in [1.807, 2.05) is 36.7 Å². The molecule has 1 aliphatic heterocycles. The first-order chi connectivity index (χ1) is 17.3. The molecule has 36 heavy (non-hydrogen) atoms. The van der Waals surface area contributed by atoms with Crippen molar-refractivity contribution in [2.24, 2.45) is 0 Å². The van der Waals surface area contributed by atoms with Gasteiger partial charge in [0.25, 0.3) is 5.91 Å². The van der Waals surface area contributed by atoms with E-state index in [2.05, 4.69) is 15.5 Å². The molecule has 0 bridgehead atoms. The summed E-state index contributed by atoms with van der Waals surface area (Å²) in [6.45, 7) is 2.61. The van der Waals surface area contributed by atoms with Crippen LogP contribution in [0.15, 0.2) is 60.0 Å². The van der Waals surface area contributed by atoms with Crippen LogP contribution in [-0.2, 0) is 11.2 Å². The number of carboxylic acid groups (broad SMARTS) is 1. The van der Waals surface area contributed by atoms with E-state index in [0.29, 0.717) is 30.0 Å². The molecular weight excluding hydrogens is 478 g/mol. The lowest BCUT2D eigenvalue weighted by atomic mass is 10.0. The minimum Gasteiger partial charge on any atom is -0.465 e. The van der Waals surface area contributed by atoms with Crippen LogP contribution in [0.2, 0.25) is 0 Å². The van der Waals surface area contributed by atoms with Gasteiger partial charge in [0.15, 0.2) is 0 Å². The molecule has 3 aromatic rings. The summed E-state index contributed by atoms with van der Waals surface area (Å²) in [5.41, 5.74) is 9.20. The standard InChI is InChI=1S/C26H29N5O4S/c1-30-10-12-31(13-11-30)25(33)22(29-26(34)35)15-17-4-6-18(7-5-17)24(32)28-21-16-19(8-9-20(21)27)23-3-2-14-36-23/h2-9,14,16,22,29H,10-13,15,27H2,1H3,(H,28,32)(H,34,35)/t22-/m0/s1. The Labute approximate surface area is 213 Å². The summed E-state index contributed by atoms with van der Waals surface area (Å²) in [5, 5.41) is 16.5. The van der Waals surface area contributed by atoms with Crippen molar-refractivity contribution in [1.29, 1.82) is 0 Å². The smallest absolute Gasteiger partial charge is 0.405 e. The molecule has 1 fully saturated rings. The number of amides is 3. The third-order valence-electron chi connectivity index (χ3n) is 6.17. The zero-order valence-electron chi connectivity index (χ0n) is 19.9. The molecule has 1 aromatic heterocycles. The molecule has 1 saturated heterocycles. The van der Waals surface area contributed by atoms with Gasteiger partial charge in [-0.3, -0.25) is 9.59 Å². The number of nitrogen functional groups attached to an aromatic ring is 1. The van der Waals surface area contributed by atoms with Crippen molar-refractivity contribution < 1.29 is 19.5 Å². The summed E-state index contributed by atoms with van der Waals surface area (Å²) in [5.74, 6) is -0.557. The largest absolute Gasteiger partial charge is 0.465 e. The highest BCUT2D eigenvalue weighted by Crippen LogP contribution is 2.30. The lowest BCUT2D eigenvalue weighted by Crippen LogP contribution is -2.54. The normalized spacial score (nSPS) is 14.8. The van der Waals surface area contributed by atoms with E-state index in [9.17, 15) is 19.5 Å². The first-order valence-electron chi connectivity index (χ1n) is 11.6. The SMILES string of the molecule is CN1CCN(C(=O)[C@H](Cc2ccc(C(=O)Nc3cc(-c4cccs4)ccc3N)cc2)NC(=O)O)CC1. The Balaban J connectivity index is 1.43. The first-order valence-corrected chi connectivity index (χ1v) is 12.5. The van der Waals surface area contributed by atoms with E-state index < -0.39 is 12.1 Å². The fourth-order valence-corrected chi connectivity index (χ4v) is 4.80. The molecule has 10 heteroatoms. The van der Waals surface area contributed by atoms with Crippen molar-refractivity contribution in [3.8, 4) is 10.4 Å². The van der Waals surface area contributed by atoms with Gasteiger partial charge in [-0.05, 0) is 53.9 Å². The number of thiophene rings is 1. The summed E-state index contributed by atoms with van der Waals surface area (Å²) in [6.07, 6.45) is -1.06. The van der Waals surface area contributed by atoms with E-state index in [-0.39, 0.29) is 18.2 Å². The lowest BCUT2D eigenvalue weighted by molar-refractivity contribution is -0.134. The Morgan fingerprint density at radius 3 is 2.42 bits per heavy atom. The van der Waals surface area contributed by atoms with Crippen molar-refractivity contribution in [2.45, 2.75) is 12.5 Å². The average molecular weight is 508 g/mol. The molecule has 0 saturated carbocycles. The lowest BCUT2D eigenvalue weighted by Gasteiger charge is -2.34. The second-order valence-electron chi connectivity index (χ2n) is 8.77. The molecule has 5 N–H and O–H groups in total. The average Bonchev–Trinajstić information content (AvgIpc) is 3.40. The van der Waals surface area contributed by atoms with Gasteiger partial charge in [0.1, 0.15) is 6.04 Å². The Kier molecular flexibility index (Phi) is 7.87. The Morgan fingerprint density at radius 1 is 1.06 bits per heavy atom. The molecule has 9 nitrogen and oxygen atoms in total. The maximum absolute atomic E-state index is 13.0. The molecule has 1 atom stereocenters. The highest BCUT2D eigenvalue weighted by molar-refractivity contribution is 7.13. The number of benzene rings is 2. The summed E-state index contributed by atoms with van der Waals surface area (Å²) in [6, 6.07) is 15.4. The molecule has 2 aromatic carbocycles. The number of carbonyl (C=O) groups is 3. The minimum atomic E-state index is -1.25. The van der Waals surface area contributed by atoms with Crippen LogP contribution in [0.4, 0.5) is 16.2 Å². The molecular formula is C26H29N5O4S. The topological polar surface area (TPSA) is 128 Å². The van der Waals surface area contributed by atoms with Gasteiger partial charge in [0.05, 0.1) is 11.4 Å². The number of nitrogens with one attached hydrogen (secondary N) is 2. The summed E-state index contributed by atoms with van der Waals surface area (Å²) < 4.78 is 0. The quantitative estimate of drug-likeness (QED) is 0.364. The predicted molar refractivity (Wildman–Crippen MR) is 141 cm³/mol. The molecule has 0 spiro atoms. The third kappa shape index (κ3) is 6.21. The number of likely N-dealkylation sites (N-methyl/N-ethyl adjacent to an activating group) is 1. The van der Waals surface area contributed by atoms with Crippen LogP contribution in [0, 0.1) is 0 Å². The minimum absolute atomic E-state index is 0.190. The van der Waals surface area contributed by atoms with Crippen LogP contribution in [-0.4, -0.2) is 72.1 Å². The van der Waals surface area contributed by atoms with Crippen LogP contribution >= 0.6 is 11.3 Å². The first kappa shape index (κ1) is 25.2. The number of piperazine rings is 1. The van der Waals surface area contributed by atoms with Gasteiger partial charge >= 0.3 is 6.09 Å². The number of hydrogen-bond donors (Lipinski definition) is 4. The molecule has 3 amide bonds.